The van der Waals surface area contributed by atoms with E-state index < -0.39 is 17.4 Å². The van der Waals surface area contributed by atoms with Gasteiger partial charge < -0.3 is 15.3 Å². The molecule has 104 valence electrons. The monoisotopic (exact) mass is 264 g/mol. The average molecular weight is 264 g/mol. The average Bonchev–Trinajstić information content (AvgIpc) is 2.27. The van der Waals surface area contributed by atoms with Crippen LogP contribution < -0.4 is 5.32 Å². The lowest BCUT2D eigenvalue weighted by atomic mass is 10.1. The summed E-state index contributed by atoms with van der Waals surface area (Å²) >= 11 is 0. The Morgan fingerprint density at radius 1 is 1.32 bits per heavy atom. The number of anilines is 1. The summed E-state index contributed by atoms with van der Waals surface area (Å²) in [5.74, 6) is -1.26. The maximum Gasteiger partial charge on any atom is 0.313 e. The predicted molar refractivity (Wildman–Crippen MR) is 73.9 cm³/mol. The van der Waals surface area contributed by atoms with Crippen molar-refractivity contribution in [3.05, 3.63) is 24.3 Å². The molecule has 1 rings (SSSR count). The van der Waals surface area contributed by atoms with Gasteiger partial charge in [-0.2, -0.15) is 0 Å². The molecule has 0 aromatic heterocycles. The highest BCUT2D eigenvalue weighted by Crippen LogP contribution is 2.17. The maximum absolute atomic E-state index is 12.1. The van der Waals surface area contributed by atoms with Crippen LogP contribution in [0.4, 0.5) is 5.69 Å². The molecular formula is C14H20N2O3. The Bertz CT molecular complexity index is 478. The first-order valence-electron chi connectivity index (χ1n) is 6.17. The quantitative estimate of drug-likeness (QED) is 0.802. The van der Waals surface area contributed by atoms with Crippen molar-refractivity contribution in [1.29, 1.82) is 0 Å². The minimum atomic E-state index is -0.706. The highest BCUT2D eigenvalue weighted by atomic mass is 16.3. The number of nitrogens with one attached hydrogen (secondary N) is 1. The molecule has 19 heavy (non-hydrogen) atoms. The first-order chi connectivity index (χ1) is 8.75. The summed E-state index contributed by atoms with van der Waals surface area (Å²) < 4.78 is 0. The number of carbonyl (C=O) groups is 2. The van der Waals surface area contributed by atoms with Crippen molar-refractivity contribution >= 4 is 17.5 Å². The lowest BCUT2D eigenvalue weighted by Crippen LogP contribution is -2.49. The van der Waals surface area contributed by atoms with Crippen LogP contribution in [-0.4, -0.2) is 33.9 Å². The van der Waals surface area contributed by atoms with Crippen LogP contribution in [0.15, 0.2) is 24.3 Å². The predicted octanol–water partition coefficient (Wildman–Crippen LogP) is 1.98. The van der Waals surface area contributed by atoms with Crippen LogP contribution >= 0.6 is 0 Å². The number of aromatic hydroxyl groups is 1. The molecule has 0 heterocycles. The number of hydrogen-bond donors (Lipinski definition) is 2. The van der Waals surface area contributed by atoms with E-state index in [0.717, 1.165) is 0 Å². The van der Waals surface area contributed by atoms with E-state index in [0.29, 0.717) is 12.2 Å². The van der Waals surface area contributed by atoms with E-state index in [4.69, 9.17) is 0 Å². The van der Waals surface area contributed by atoms with Crippen LogP contribution in [0.2, 0.25) is 0 Å². The van der Waals surface area contributed by atoms with Crippen LogP contribution in [0.5, 0.6) is 5.75 Å². The fourth-order valence-electron chi connectivity index (χ4n) is 1.81. The molecule has 0 aliphatic carbocycles. The Kier molecular flexibility index (Phi) is 4.53. The summed E-state index contributed by atoms with van der Waals surface area (Å²) in [6.07, 6.45) is 0. The Morgan fingerprint density at radius 2 is 1.95 bits per heavy atom. The minimum absolute atomic E-state index is 0.0356. The Morgan fingerprint density at radius 3 is 2.42 bits per heavy atom. The number of hydrogen-bond acceptors (Lipinski definition) is 3. The van der Waals surface area contributed by atoms with Gasteiger partial charge in [-0.1, -0.05) is 6.07 Å². The molecule has 0 spiro atoms. The van der Waals surface area contributed by atoms with Crippen molar-refractivity contribution < 1.29 is 14.7 Å². The van der Waals surface area contributed by atoms with E-state index in [1.165, 1.54) is 17.0 Å². The Hall–Kier alpha value is -2.04. The fraction of sp³-hybridized carbons (Fsp3) is 0.429. The largest absolute Gasteiger partial charge is 0.508 e. The maximum atomic E-state index is 12.1. The topological polar surface area (TPSA) is 69.6 Å². The van der Waals surface area contributed by atoms with Gasteiger partial charge in [0.25, 0.3) is 0 Å². The standard InChI is InChI=1S/C14H20N2O3/c1-5-16(14(2,3)4)13(19)12(18)15-10-7-6-8-11(17)9-10/h6-9,17H,5H2,1-4H3,(H,15,18). The molecule has 0 saturated heterocycles. The molecule has 0 radical (unpaired) electrons. The highest BCUT2D eigenvalue weighted by Gasteiger charge is 2.29. The van der Waals surface area contributed by atoms with E-state index >= 15 is 0 Å². The van der Waals surface area contributed by atoms with Crippen molar-refractivity contribution in [2.75, 3.05) is 11.9 Å². The molecule has 0 fully saturated rings. The number of rotatable bonds is 2. The molecule has 0 atom stereocenters. The number of nitrogens with zero attached hydrogens (tertiary/aromatic N) is 1. The molecule has 1 aromatic rings. The molecule has 2 N–H and O–H groups in total. The van der Waals surface area contributed by atoms with Crippen LogP contribution in [0.1, 0.15) is 27.7 Å². The zero-order chi connectivity index (χ0) is 14.6. The second kappa shape index (κ2) is 5.73. The second-order valence-corrected chi connectivity index (χ2v) is 5.22. The number of likely N-dealkylation sites (N-methyl/N-ethyl adjacent to an activating group) is 1. The van der Waals surface area contributed by atoms with E-state index in [2.05, 4.69) is 5.32 Å². The molecular weight excluding hydrogens is 244 g/mol. The fourth-order valence-corrected chi connectivity index (χ4v) is 1.81. The first-order valence-corrected chi connectivity index (χ1v) is 6.17. The smallest absolute Gasteiger partial charge is 0.313 e. The normalized spacial score (nSPS) is 10.9. The van der Waals surface area contributed by atoms with Crippen LogP contribution in [0, 0.1) is 0 Å². The van der Waals surface area contributed by atoms with Crippen molar-refractivity contribution in [2.24, 2.45) is 0 Å². The molecule has 0 bridgehead atoms. The molecule has 5 heteroatoms. The molecule has 2 amide bonds. The van der Waals surface area contributed by atoms with E-state index in [1.807, 2.05) is 27.7 Å². The zero-order valence-corrected chi connectivity index (χ0v) is 11.7. The van der Waals surface area contributed by atoms with Gasteiger partial charge in [0.05, 0.1) is 0 Å². The molecule has 1 aromatic carbocycles. The second-order valence-electron chi connectivity index (χ2n) is 5.22. The lowest BCUT2D eigenvalue weighted by molar-refractivity contribution is -0.146. The van der Waals surface area contributed by atoms with Gasteiger partial charge >= 0.3 is 11.8 Å². The van der Waals surface area contributed by atoms with Crippen LogP contribution in [0.3, 0.4) is 0 Å². The zero-order valence-electron chi connectivity index (χ0n) is 11.7. The van der Waals surface area contributed by atoms with E-state index in [1.54, 1.807) is 12.1 Å². The number of phenols is 1. The van der Waals surface area contributed by atoms with Crippen molar-refractivity contribution in [3.8, 4) is 5.75 Å². The van der Waals surface area contributed by atoms with Gasteiger partial charge in [-0.3, -0.25) is 9.59 Å². The van der Waals surface area contributed by atoms with Gasteiger partial charge in [-0.25, -0.2) is 0 Å². The third-order valence-corrected chi connectivity index (χ3v) is 2.67. The number of carbonyl (C=O) groups excluding carboxylic acids is 2. The third kappa shape index (κ3) is 3.98. The summed E-state index contributed by atoms with van der Waals surface area (Å²) in [5.41, 5.74) is -0.0227. The van der Waals surface area contributed by atoms with Gasteiger partial charge in [-0.15, -0.1) is 0 Å². The Balaban J connectivity index is 2.80. The number of amides is 2. The lowest BCUT2D eigenvalue weighted by Gasteiger charge is -2.34. The van der Waals surface area contributed by atoms with Gasteiger partial charge in [0.1, 0.15) is 5.75 Å². The van der Waals surface area contributed by atoms with Gasteiger partial charge in [-0.05, 0) is 39.8 Å². The van der Waals surface area contributed by atoms with Gasteiger partial charge in [0, 0.05) is 23.8 Å². The summed E-state index contributed by atoms with van der Waals surface area (Å²) in [6, 6.07) is 6.08. The van der Waals surface area contributed by atoms with Crippen LogP contribution in [-0.2, 0) is 9.59 Å². The number of phenolic OH excluding ortho intramolecular Hbond substituents is 1. The molecule has 5 nitrogen and oxygen atoms in total. The van der Waals surface area contributed by atoms with Gasteiger partial charge in [0.15, 0.2) is 0 Å². The number of benzene rings is 1. The summed E-state index contributed by atoms with van der Waals surface area (Å²) in [6.45, 7) is 7.89. The molecule has 0 unspecified atom stereocenters. The van der Waals surface area contributed by atoms with Crippen LogP contribution in [0.25, 0.3) is 0 Å². The van der Waals surface area contributed by atoms with E-state index in [9.17, 15) is 14.7 Å². The molecule has 0 saturated carbocycles. The van der Waals surface area contributed by atoms with Crippen molar-refractivity contribution in [2.45, 2.75) is 33.2 Å². The Labute approximate surface area is 113 Å². The van der Waals surface area contributed by atoms with Gasteiger partial charge in [0.2, 0.25) is 0 Å². The van der Waals surface area contributed by atoms with E-state index in [-0.39, 0.29) is 5.75 Å². The van der Waals surface area contributed by atoms with Crippen molar-refractivity contribution in [1.82, 2.24) is 4.90 Å². The summed E-state index contributed by atoms with van der Waals surface area (Å²) in [5, 5.41) is 11.8. The SMILES string of the molecule is CCN(C(=O)C(=O)Nc1cccc(O)c1)C(C)(C)C. The highest BCUT2D eigenvalue weighted by molar-refractivity contribution is 6.39. The first kappa shape index (κ1) is 15.0. The summed E-state index contributed by atoms with van der Waals surface area (Å²) in [4.78, 5) is 25.4. The third-order valence-electron chi connectivity index (χ3n) is 2.67. The summed E-state index contributed by atoms with van der Waals surface area (Å²) in [7, 11) is 0. The van der Waals surface area contributed by atoms with Crippen molar-refractivity contribution in [3.63, 3.8) is 0 Å². The minimum Gasteiger partial charge on any atom is -0.508 e. The molecule has 0 aliphatic rings. The molecule has 0 aliphatic heterocycles.